The zero-order valence-electron chi connectivity index (χ0n) is 9.83. The summed E-state index contributed by atoms with van der Waals surface area (Å²) in [5.74, 6) is 0. The van der Waals surface area contributed by atoms with Crippen LogP contribution in [0.3, 0.4) is 0 Å². The number of nitrogens with one attached hydrogen (secondary N) is 1. The van der Waals surface area contributed by atoms with Crippen molar-refractivity contribution in [3.05, 3.63) is 16.6 Å². The van der Waals surface area contributed by atoms with Gasteiger partial charge in [0.2, 0.25) is 0 Å². The minimum Gasteiger partial charge on any atom is -0.309 e. The third kappa shape index (κ3) is 5.28. The lowest BCUT2D eigenvalue weighted by Gasteiger charge is -2.17. The molecule has 1 N–H and O–H groups in total. The maximum absolute atomic E-state index is 4.09. The Balaban J connectivity index is 2.24. The van der Waals surface area contributed by atoms with Crippen molar-refractivity contribution in [3.8, 4) is 0 Å². The summed E-state index contributed by atoms with van der Waals surface area (Å²) in [5.41, 5.74) is 1.90. The minimum atomic E-state index is 0.692. The molecule has 1 atom stereocenters. The Kier molecular flexibility index (Phi) is 6.60. The lowest BCUT2D eigenvalue weighted by atomic mass is 10.1. The molecule has 0 spiro atoms. The van der Waals surface area contributed by atoms with Crippen LogP contribution in [0.4, 0.5) is 0 Å². The van der Waals surface area contributed by atoms with Crippen LogP contribution >= 0.6 is 11.3 Å². The zero-order chi connectivity index (χ0) is 10.9. The van der Waals surface area contributed by atoms with Crippen LogP contribution in [0.1, 0.15) is 50.8 Å². The molecule has 0 radical (unpaired) electrons. The molecular formula is C12H22N2S. The van der Waals surface area contributed by atoms with E-state index in [0.29, 0.717) is 6.04 Å². The molecule has 0 saturated carbocycles. The van der Waals surface area contributed by atoms with Gasteiger partial charge < -0.3 is 5.32 Å². The summed E-state index contributed by atoms with van der Waals surface area (Å²) in [7, 11) is 0. The standard InChI is InChI=1S/C12H22N2S/c1-3-5-7-11(6-4-2)14-9-12-8-13-10-15-12/h8,10-11,14H,3-7,9H2,1-2H3. The third-order valence-electron chi connectivity index (χ3n) is 2.59. The summed E-state index contributed by atoms with van der Waals surface area (Å²) in [6.45, 7) is 5.50. The largest absolute Gasteiger partial charge is 0.309 e. The van der Waals surface area contributed by atoms with Crippen LogP contribution in [0.25, 0.3) is 0 Å². The van der Waals surface area contributed by atoms with Crippen LogP contribution < -0.4 is 5.32 Å². The average Bonchev–Trinajstić information content (AvgIpc) is 2.75. The first kappa shape index (κ1) is 12.7. The molecule has 0 aliphatic carbocycles. The predicted octanol–water partition coefficient (Wildman–Crippen LogP) is 3.59. The van der Waals surface area contributed by atoms with E-state index < -0.39 is 0 Å². The Labute approximate surface area is 97.1 Å². The SMILES string of the molecule is CCCCC(CCC)NCc1cncs1. The Morgan fingerprint density at radius 3 is 2.80 bits per heavy atom. The van der Waals surface area contributed by atoms with Crippen molar-refractivity contribution in [1.82, 2.24) is 10.3 Å². The summed E-state index contributed by atoms with van der Waals surface area (Å²) in [4.78, 5) is 5.43. The highest BCUT2D eigenvalue weighted by molar-refractivity contribution is 7.09. The van der Waals surface area contributed by atoms with Crippen molar-refractivity contribution in [2.75, 3.05) is 0 Å². The highest BCUT2D eigenvalue weighted by Gasteiger charge is 2.06. The van der Waals surface area contributed by atoms with E-state index in [0.717, 1.165) is 6.54 Å². The van der Waals surface area contributed by atoms with E-state index in [9.17, 15) is 0 Å². The Hall–Kier alpha value is -0.410. The second-order valence-electron chi connectivity index (χ2n) is 3.98. The first-order valence-corrected chi connectivity index (χ1v) is 6.85. The second-order valence-corrected chi connectivity index (χ2v) is 4.95. The number of aromatic nitrogens is 1. The first-order valence-electron chi connectivity index (χ1n) is 5.97. The summed E-state index contributed by atoms with van der Waals surface area (Å²) in [6, 6.07) is 0.692. The summed E-state index contributed by atoms with van der Waals surface area (Å²) in [5, 5.41) is 3.63. The van der Waals surface area contributed by atoms with E-state index in [-0.39, 0.29) is 0 Å². The normalized spacial score (nSPS) is 12.9. The van der Waals surface area contributed by atoms with Gasteiger partial charge in [0.1, 0.15) is 0 Å². The molecular weight excluding hydrogens is 204 g/mol. The van der Waals surface area contributed by atoms with E-state index in [4.69, 9.17) is 0 Å². The van der Waals surface area contributed by atoms with Gasteiger partial charge in [0.25, 0.3) is 0 Å². The summed E-state index contributed by atoms with van der Waals surface area (Å²) in [6.07, 6.45) is 8.45. The van der Waals surface area contributed by atoms with E-state index in [1.165, 1.54) is 37.0 Å². The van der Waals surface area contributed by atoms with Crippen LogP contribution in [0.2, 0.25) is 0 Å². The van der Waals surface area contributed by atoms with Gasteiger partial charge in [0.05, 0.1) is 5.51 Å². The van der Waals surface area contributed by atoms with Gasteiger partial charge in [-0.25, -0.2) is 0 Å². The predicted molar refractivity (Wildman–Crippen MR) is 67.2 cm³/mol. The molecule has 0 saturated heterocycles. The van der Waals surface area contributed by atoms with Crippen molar-refractivity contribution in [1.29, 1.82) is 0 Å². The van der Waals surface area contributed by atoms with Crippen LogP contribution in [-0.4, -0.2) is 11.0 Å². The molecule has 1 aromatic heterocycles. The summed E-state index contributed by atoms with van der Waals surface area (Å²) >= 11 is 1.73. The molecule has 1 heterocycles. The fourth-order valence-electron chi connectivity index (χ4n) is 1.72. The van der Waals surface area contributed by atoms with E-state index in [2.05, 4.69) is 24.1 Å². The average molecular weight is 226 g/mol. The molecule has 1 unspecified atom stereocenters. The molecule has 0 aliphatic heterocycles. The lowest BCUT2D eigenvalue weighted by Crippen LogP contribution is -2.28. The fourth-order valence-corrected chi connectivity index (χ4v) is 2.27. The van der Waals surface area contributed by atoms with Gasteiger partial charge in [-0.05, 0) is 12.8 Å². The van der Waals surface area contributed by atoms with E-state index in [1.54, 1.807) is 11.3 Å². The Morgan fingerprint density at radius 1 is 1.33 bits per heavy atom. The number of unbranched alkanes of at least 4 members (excludes halogenated alkanes) is 1. The van der Waals surface area contributed by atoms with Gasteiger partial charge >= 0.3 is 0 Å². The minimum absolute atomic E-state index is 0.692. The van der Waals surface area contributed by atoms with Crippen molar-refractivity contribution in [3.63, 3.8) is 0 Å². The molecule has 0 aromatic carbocycles. The fraction of sp³-hybridized carbons (Fsp3) is 0.750. The third-order valence-corrected chi connectivity index (χ3v) is 3.37. The molecule has 0 amide bonds. The van der Waals surface area contributed by atoms with Crippen LogP contribution in [0.15, 0.2) is 11.7 Å². The van der Waals surface area contributed by atoms with Crippen LogP contribution in [0, 0.1) is 0 Å². The van der Waals surface area contributed by atoms with Gasteiger partial charge in [-0.3, -0.25) is 4.98 Å². The quantitative estimate of drug-likeness (QED) is 0.732. The maximum atomic E-state index is 4.09. The van der Waals surface area contributed by atoms with Crippen molar-refractivity contribution in [2.24, 2.45) is 0 Å². The number of nitrogens with zero attached hydrogens (tertiary/aromatic N) is 1. The lowest BCUT2D eigenvalue weighted by molar-refractivity contribution is 0.435. The van der Waals surface area contributed by atoms with Crippen LogP contribution in [-0.2, 0) is 6.54 Å². The molecule has 1 aromatic rings. The smallest absolute Gasteiger partial charge is 0.0794 e. The van der Waals surface area contributed by atoms with Gasteiger partial charge in [-0.2, -0.15) is 0 Å². The molecule has 15 heavy (non-hydrogen) atoms. The maximum Gasteiger partial charge on any atom is 0.0794 e. The molecule has 0 aliphatic rings. The van der Waals surface area contributed by atoms with Crippen molar-refractivity contribution >= 4 is 11.3 Å². The summed E-state index contributed by atoms with van der Waals surface area (Å²) < 4.78 is 0. The van der Waals surface area contributed by atoms with Gasteiger partial charge in [-0.15, -0.1) is 11.3 Å². The molecule has 86 valence electrons. The van der Waals surface area contributed by atoms with Crippen molar-refractivity contribution in [2.45, 2.75) is 58.5 Å². The van der Waals surface area contributed by atoms with Gasteiger partial charge in [0.15, 0.2) is 0 Å². The van der Waals surface area contributed by atoms with Gasteiger partial charge in [-0.1, -0.05) is 33.1 Å². The number of hydrogen-bond acceptors (Lipinski definition) is 3. The first-order chi connectivity index (χ1) is 7.36. The van der Waals surface area contributed by atoms with Crippen LogP contribution in [0.5, 0.6) is 0 Å². The molecule has 3 heteroatoms. The topological polar surface area (TPSA) is 24.9 Å². The number of hydrogen-bond donors (Lipinski definition) is 1. The zero-order valence-corrected chi connectivity index (χ0v) is 10.6. The van der Waals surface area contributed by atoms with E-state index >= 15 is 0 Å². The highest BCUT2D eigenvalue weighted by atomic mass is 32.1. The molecule has 1 rings (SSSR count). The monoisotopic (exact) mass is 226 g/mol. The van der Waals surface area contributed by atoms with Crippen molar-refractivity contribution < 1.29 is 0 Å². The van der Waals surface area contributed by atoms with Gasteiger partial charge in [0, 0.05) is 23.7 Å². The van der Waals surface area contributed by atoms with E-state index in [1.807, 2.05) is 11.7 Å². The Morgan fingerprint density at radius 2 is 2.20 bits per heavy atom. The Bertz CT molecular complexity index is 234. The number of rotatable bonds is 8. The number of thiazole rings is 1. The molecule has 0 fully saturated rings. The molecule has 2 nitrogen and oxygen atoms in total. The molecule has 0 bridgehead atoms. The second kappa shape index (κ2) is 7.83. The highest BCUT2D eigenvalue weighted by Crippen LogP contribution is 2.10.